The lowest BCUT2D eigenvalue weighted by atomic mass is 10.2. The second kappa shape index (κ2) is 8.10. The standard InChI is InChI=1S/C18H22N4O2/c1-4-22(5-2)16-9-8-14(17(23)10-16)12-20-21-18(24)15-7-6-13(3)19-11-15/h6-12,23H,4-5H2,1-3H3,(H,21,24)/b20-12+. The molecule has 24 heavy (non-hydrogen) atoms. The minimum absolute atomic E-state index is 0.120. The number of aromatic hydroxyl groups is 1. The maximum atomic E-state index is 11.9. The number of hydrogen-bond acceptors (Lipinski definition) is 5. The van der Waals surface area contributed by atoms with Crippen LogP contribution in [0.3, 0.4) is 0 Å². The summed E-state index contributed by atoms with van der Waals surface area (Å²) in [7, 11) is 0. The van der Waals surface area contributed by atoms with Gasteiger partial charge in [-0.3, -0.25) is 9.78 Å². The number of hydrogen-bond donors (Lipinski definition) is 2. The van der Waals surface area contributed by atoms with Crippen molar-refractivity contribution in [2.45, 2.75) is 20.8 Å². The Kier molecular flexibility index (Phi) is 5.89. The van der Waals surface area contributed by atoms with E-state index in [0.29, 0.717) is 11.1 Å². The fourth-order valence-corrected chi connectivity index (χ4v) is 2.25. The normalized spacial score (nSPS) is 10.8. The maximum Gasteiger partial charge on any atom is 0.272 e. The van der Waals surface area contributed by atoms with Crippen molar-refractivity contribution in [3.05, 3.63) is 53.3 Å². The lowest BCUT2D eigenvalue weighted by molar-refractivity contribution is 0.0954. The average Bonchev–Trinajstić information content (AvgIpc) is 2.58. The van der Waals surface area contributed by atoms with Gasteiger partial charge in [0.05, 0.1) is 11.8 Å². The molecule has 6 nitrogen and oxygen atoms in total. The Hall–Kier alpha value is -2.89. The number of pyridine rings is 1. The molecule has 0 fully saturated rings. The van der Waals surface area contributed by atoms with E-state index in [1.54, 1.807) is 24.3 Å². The molecule has 0 spiro atoms. The summed E-state index contributed by atoms with van der Waals surface area (Å²) in [4.78, 5) is 18.1. The highest BCUT2D eigenvalue weighted by molar-refractivity contribution is 5.94. The highest BCUT2D eigenvalue weighted by atomic mass is 16.3. The van der Waals surface area contributed by atoms with E-state index in [1.807, 2.05) is 13.0 Å². The highest BCUT2D eigenvalue weighted by Crippen LogP contribution is 2.23. The molecule has 1 amide bonds. The largest absolute Gasteiger partial charge is 0.507 e. The van der Waals surface area contributed by atoms with E-state index in [9.17, 15) is 9.90 Å². The number of carbonyl (C=O) groups is 1. The number of amides is 1. The zero-order valence-electron chi connectivity index (χ0n) is 14.2. The number of rotatable bonds is 6. The molecule has 0 bridgehead atoms. The lowest BCUT2D eigenvalue weighted by Gasteiger charge is -2.21. The summed E-state index contributed by atoms with van der Waals surface area (Å²) in [6.45, 7) is 7.70. The van der Waals surface area contributed by atoms with Gasteiger partial charge in [-0.1, -0.05) is 0 Å². The molecule has 2 N–H and O–H groups in total. The van der Waals surface area contributed by atoms with Gasteiger partial charge >= 0.3 is 0 Å². The molecule has 2 rings (SSSR count). The minimum Gasteiger partial charge on any atom is -0.507 e. The SMILES string of the molecule is CCN(CC)c1ccc(/C=N/NC(=O)c2ccc(C)nc2)c(O)c1. The monoisotopic (exact) mass is 326 g/mol. The van der Waals surface area contributed by atoms with E-state index in [0.717, 1.165) is 24.5 Å². The highest BCUT2D eigenvalue weighted by Gasteiger charge is 2.06. The molecule has 0 aliphatic heterocycles. The summed E-state index contributed by atoms with van der Waals surface area (Å²) in [5.41, 5.74) is 5.18. The number of aromatic nitrogens is 1. The Morgan fingerprint density at radius 1 is 1.29 bits per heavy atom. The van der Waals surface area contributed by atoms with Crippen molar-refractivity contribution in [2.75, 3.05) is 18.0 Å². The molecular formula is C18H22N4O2. The number of nitrogens with one attached hydrogen (secondary N) is 1. The molecule has 0 saturated heterocycles. The van der Waals surface area contributed by atoms with Crippen LogP contribution in [0.1, 0.15) is 35.5 Å². The van der Waals surface area contributed by atoms with Crippen molar-refractivity contribution in [2.24, 2.45) is 5.10 Å². The average molecular weight is 326 g/mol. The zero-order chi connectivity index (χ0) is 17.5. The van der Waals surface area contributed by atoms with Crippen LogP contribution in [-0.2, 0) is 0 Å². The first-order valence-corrected chi connectivity index (χ1v) is 7.89. The summed E-state index contributed by atoms with van der Waals surface area (Å²) in [6, 6.07) is 8.83. The van der Waals surface area contributed by atoms with E-state index < -0.39 is 0 Å². The van der Waals surface area contributed by atoms with Gasteiger partial charge in [0.2, 0.25) is 0 Å². The Labute approximate surface area is 141 Å². The predicted octanol–water partition coefficient (Wildman–Crippen LogP) is 2.71. The molecule has 0 saturated carbocycles. The lowest BCUT2D eigenvalue weighted by Crippen LogP contribution is -2.21. The number of nitrogens with zero attached hydrogens (tertiary/aromatic N) is 3. The summed E-state index contributed by atoms with van der Waals surface area (Å²) in [6.07, 6.45) is 2.91. The number of phenolic OH excluding ortho intramolecular Hbond substituents is 1. The molecular weight excluding hydrogens is 304 g/mol. The van der Waals surface area contributed by atoms with E-state index >= 15 is 0 Å². The van der Waals surface area contributed by atoms with Crippen molar-refractivity contribution in [3.63, 3.8) is 0 Å². The van der Waals surface area contributed by atoms with Gasteiger partial charge < -0.3 is 10.0 Å². The predicted molar refractivity (Wildman–Crippen MR) is 95.7 cm³/mol. The molecule has 0 atom stereocenters. The molecule has 1 aromatic carbocycles. The molecule has 0 aliphatic rings. The molecule has 0 aliphatic carbocycles. The van der Waals surface area contributed by atoms with Gasteiger partial charge in [-0.15, -0.1) is 0 Å². The van der Waals surface area contributed by atoms with Crippen LogP contribution in [0.15, 0.2) is 41.6 Å². The van der Waals surface area contributed by atoms with Crippen LogP contribution in [0.25, 0.3) is 0 Å². The number of benzene rings is 1. The summed E-state index contributed by atoms with van der Waals surface area (Å²) in [5, 5.41) is 14.0. The fourth-order valence-electron chi connectivity index (χ4n) is 2.25. The first-order chi connectivity index (χ1) is 11.5. The van der Waals surface area contributed by atoms with Gasteiger partial charge in [0.25, 0.3) is 5.91 Å². The third-order valence-electron chi connectivity index (χ3n) is 3.69. The van der Waals surface area contributed by atoms with Gasteiger partial charge in [-0.25, -0.2) is 5.43 Å². The molecule has 6 heteroatoms. The summed E-state index contributed by atoms with van der Waals surface area (Å²) < 4.78 is 0. The third kappa shape index (κ3) is 4.32. The number of anilines is 1. The van der Waals surface area contributed by atoms with Crippen molar-refractivity contribution in [1.82, 2.24) is 10.4 Å². The van der Waals surface area contributed by atoms with Crippen LogP contribution in [0.4, 0.5) is 5.69 Å². The second-order valence-electron chi connectivity index (χ2n) is 5.30. The van der Waals surface area contributed by atoms with Crippen LogP contribution in [0.2, 0.25) is 0 Å². The van der Waals surface area contributed by atoms with Gasteiger partial charge in [-0.05, 0) is 45.0 Å². The van der Waals surface area contributed by atoms with Crippen LogP contribution in [0, 0.1) is 6.92 Å². The summed E-state index contributed by atoms with van der Waals surface area (Å²) >= 11 is 0. The molecule has 126 valence electrons. The van der Waals surface area contributed by atoms with Gasteiger partial charge in [0, 0.05) is 42.3 Å². The van der Waals surface area contributed by atoms with E-state index in [-0.39, 0.29) is 11.7 Å². The van der Waals surface area contributed by atoms with E-state index in [1.165, 1.54) is 12.4 Å². The Balaban J connectivity index is 2.03. The molecule has 2 aromatic rings. The van der Waals surface area contributed by atoms with Gasteiger partial charge in [-0.2, -0.15) is 5.10 Å². The Bertz CT molecular complexity index is 722. The zero-order valence-corrected chi connectivity index (χ0v) is 14.2. The Morgan fingerprint density at radius 2 is 2.04 bits per heavy atom. The maximum absolute atomic E-state index is 11.9. The van der Waals surface area contributed by atoms with Gasteiger partial charge in [0.1, 0.15) is 5.75 Å². The first-order valence-electron chi connectivity index (χ1n) is 7.89. The molecule has 1 heterocycles. The van der Waals surface area contributed by atoms with Crippen molar-refractivity contribution < 1.29 is 9.90 Å². The topological polar surface area (TPSA) is 77.8 Å². The minimum atomic E-state index is -0.349. The van der Waals surface area contributed by atoms with Crippen LogP contribution >= 0.6 is 0 Å². The fraction of sp³-hybridized carbons (Fsp3) is 0.278. The number of hydrazone groups is 1. The second-order valence-corrected chi connectivity index (χ2v) is 5.30. The number of aryl methyl sites for hydroxylation is 1. The number of carbonyl (C=O) groups excluding carboxylic acids is 1. The van der Waals surface area contributed by atoms with Crippen molar-refractivity contribution in [1.29, 1.82) is 0 Å². The van der Waals surface area contributed by atoms with E-state index in [4.69, 9.17) is 0 Å². The van der Waals surface area contributed by atoms with Crippen LogP contribution in [-0.4, -0.2) is 35.3 Å². The quantitative estimate of drug-likeness (QED) is 0.632. The number of phenols is 1. The smallest absolute Gasteiger partial charge is 0.272 e. The van der Waals surface area contributed by atoms with Crippen molar-refractivity contribution >= 4 is 17.8 Å². The molecule has 0 radical (unpaired) electrons. The van der Waals surface area contributed by atoms with Crippen LogP contribution in [0.5, 0.6) is 5.75 Å². The molecule has 1 aromatic heterocycles. The van der Waals surface area contributed by atoms with E-state index in [2.05, 4.69) is 34.3 Å². The Morgan fingerprint density at radius 3 is 2.62 bits per heavy atom. The first kappa shape index (κ1) is 17.5. The van der Waals surface area contributed by atoms with Gasteiger partial charge in [0.15, 0.2) is 0 Å². The summed E-state index contributed by atoms with van der Waals surface area (Å²) in [5.74, 6) is -0.229. The van der Waals surface area contributed by atoms with Crippen LogP contribution < -0.4 is 10.3 Å². The molecule has 0 unspecified atom stereocenters. The third-order valence-corrected chi connectivity index (χ3v) is 3.69. The van der Waals surface area contributed by atoms with Crippen molar-refractivity contribution in [3.8, 4) is 5.75 Å².